The third kappa shape index (κ3) is 4.74. The van der Waals surface area contributed by atoms with E-state index in [4.69, 9.17) is 5.14 Å². The minimum Gasteiger partial charge on any atom is -0.345 e. The van der Waals surface area contributed by atoms with Crippen LogP contribution in [0.5, 0.6) is 0 Å². The van der Waals surface area contributed by atoms with Crippen LogP contribution < -0.4 is 5.14 Å². The summed E-state index contributed by atoms with van der Waals surface area (Å²) in [5.74, 6) is 2.00. The Labute approximate surface area is 130 Å². The number of hydrogen-bond donors (Lipinski definition) is 1. The van der Waals surface area contributed by atoms with Crippen molar-refractivity contribution in [1.82, 2.24) is 4.98 Å². The summed E-state index contributed by atoms with van der Waals surface area (Å²) in [7, 11) is -3.67. The first-order valence-corrected chi connectivity index (χ1v) is 6.37. The molecule has 1 aromatic carbocycles. The average Bonchev–Trinajstić information content (AvgIpc) is 2.61. The van der Waals surface area contributed by atoms with E-state index in [9.17, 15) is 8.42 Å². The Hall–Kier alpha value is -0.446. The van der Waals surface area contributed by atoms with Gasteiger partial charge in [0, 0.05) is 32.7 Å². The second kappa shape index (κ2) is 7.09. The predicted octanol–water partition coefficient (Wildman–Crippen LogP) is 1.20. The molecular formula is C10H8N2O2S2Y-2. The van der Waals surface area contributed by atoms with Crippen molar-refractivity contribution in [2.75, 3.05) is 0 Å². The van der Waals surface area contributed by atoms with E-state index in [0.29, 0.717) is 5.52 Å². The minimum atomic E-state index is -3.67. The fourth-order valence-corrected chi connectivity index (χ4v) is 2.55. The van der Waals surface area contributed by atoms with Crippen molar-refractivity contribution in [2.24, 2.45) is 5.14 Å². The van der Waals surface area contributed by atoms with Crippen LogP contribution in [0, 0.1) is 25.3 Å². The number of aromatic nitrogens is 1. The molecular weight excluding hydrogens is 333 g/mol. The summed E-state index contributed by atoms with van der Waals surface area (Å²) in [5, 5.41) is 4.93. The van der Waals surface area contributed by atoms with Crippen LogP contribution in [0.2, 0.25) is 0 Å². The van der Waals surface area contributed by atoms with Crippen LogP contribution in [0.3, 0.4) is 0 Å². The molecule has 2 N–H and O–H groups in total. The van der Waals surface area contributed by atoms with Crippen molar-refractivity contribution in [3.63, 3.8) is 0 Å². The van der Waals surface area contributed by atoms with Gasteiger partial charge in [-0.15, -0.1) is 6.07 Å². The van der Waals surface area contributed by atoms with Gasteiger partial charge in [0.2, 0.25) is 4.34 Å². The van der Waals surface area contributed by atoms with Gasteiger partial charge in [0.05, 0.1) is 0 Å². The van der Waals surface area contributed by atoms with Crippen molar-refractivity contribution < 1.29 is 41.1 Å². The van der Waals surface area contributed by atoms with E-state index in [1.54, 1.807) is 18.2 Å². The number of thiazole rings is 1. The maximum atomic E-state index is 10.9. The number of hydrogen-bond acceptors (Lipinski definition) is 4. The van der Waals surface area contributed by atoms with Gasteiger partial charge in [-0.25, -0.2) is 13.6 Å². The number of terminal acetylenes is 1. The first kappa shape index (κ1) is 16.6. The molecule has 0 fully saturated rings. The van der Waals surface area contributed by atoms with Crippen LogP contribution in [-0.2, 0) is 42.7 Å². The summed E-state index contributed by atoms with van der Waals surface area (Å²) in [6.07, 6.45) is 4.49. The van der Waals surface area contributed by atoms with E-state index in [-0.39, 0.29) is 37.0 Å². The van der Waals surface area contributed by atoms with Gasteiger partial charge in [0.15, 0.2) is 0 Å². The van der Waals surface area contributed by atoms with Crippen LogP contribution in [0.1, 0.15) is 0 Å². The second-order valence-corrected chi connectivity index (χ2v) is 5.39. The molecule has 0 aliphatic carbocycles. The number of benzene rings is 1. The number of sulfonamides is 1. The first-order valence-electron chi connectivity index (χ1n) is 4.01. The van der Waals surface area contributed by atoms with Gasteiger partial charge in [-0.2, -0.15) is 36.5 Å². The van der Waals surface area contributed by atoms with Crippen LogP contribution in [0.4, 0.5) is 0 Å². The number of nitrogens with zero attached hydrogens (tertiary/aromatic N) is 1. The Bertz CT molecular complexity index is 596. The summed E-state index contributed by atoms with van der Waals surface area (Å²) in [5.41, 5.74) is 0.632. The summed E-state index contributed by atoms with van der Waals surface area (Å²) >= 11 is 1.05. The standard InChI is InChI=1S/C7H5N2O2S2.C3H3.Y/c8-13(10,11)7-9-5-3-1-2-4-6(5)12-7;1-3-2;/h1,3-4H,(H2,8,10,11);1H,2H2;/q2*-1;. The molecule has 1 heterocycles. The summed E-state index contributed by atoms with van der Waals surface area (Å²) in [6, 6.07) is 7.89. The third-order valence-corrected chi connectivity index (χ3v) is 3.79. The Morgan fingerprint density at radius 2 is 2.18 bits per heavy atom. The molecule has 1 radical (unpaired) electrons. The predicted molar refractivity (Wildman–Crippen MR) is 64.0 cm³/mol. The zero-order chi connectivity index (χ0) is 12.2. The fourth-order valence-electron chi connectivity index (χ4n) is 0.918. The largest absolute Gasteiger partial charge is 0.345 e. The molecule has 0 saturated carbocycles. The van der Waals surface area contributed by atoms with Crippen molar-refractivity contribution in [3.8, 4) is 12.3 Å². The van der Waals surface area contributed by atoms with Crippen LogP contribution >= 0.6 is 11.3 Å². The van der Waals surface area contributed by atoms with Crippen molar-refractivity contribution in [1.29, 1.82) is 0 Å². The topological polar surface area (TPSA) is 73.1 Å². The van der Waals surface area contributed by atoms with Gasteiger partial charge >= 0.3 is 0 Å². The molecule has 0 bridgehead atoms. The molecule has 2 rings (SSSR count). The average molecular weight is 341 g/mol. The van der Waals surface area contributed by atoms with Crippen LogP contribution in [0.15, 0.2) is 22.5 Å². The van der Waals surface area contributed by atoms with Crippen LogP contribution in [0.25, 0.3) is 10.2 Å². The molecule has 0 atom stereocenters. The Morgan fingerprint density at radius 3 is 2.65 bits per heavy atom. The summed E-state index contributed by atoms with van der Waals surface area (Å²) in [4.78, 5) is 3.87. The molecule has 0 unspecified atom stereocenters. The summed E-state index contributed by atoms with van der Waals surface area (Å²) in [6.45, 7) is 3.01. The van der Waals surface area contributed by atoms with Crippen LogP contribution in [-0.4, -0.2) is 13.4 Å². The van der Waals surface area contributed by atoms with Gasteiger partial charge in [-0.1, -0.05) is 4.70 Å². The smallest absolute Gasteiger partial charge is 0.264 e. The second-order valence-electron chi connectivity index (χ2n) is 2.62. The van der Waals surface area contributed by atoms with Gasteiger partial charge in [-0.3, -0.25) is 4.98 Å². The van der Waals surface area contributed by atoms with Gasteiger partial charge in [0.1, 0.15) is 0 Å². The minimum absolute atomic E-state index is 0. The zero-order valence-electron chi connectivity index (χ0n) is 8.75. The Morgan fingerprint density at radius 1 is 1.59 bits per heavy atom. The van der Waals surface area contributed by atoms with E-state index in [2.05, 4.69) is 24.4 Å². The SMILES string of the molecule is C#C[CH2-].NS(=O)(=O)c1nc2cc[c-]cc2s1.[Y]. The third-order valence-electron chi connectivity index (χ3n) is 1.46. The van der Waals surface area contributed by atoms with Gasteiger partial charge < -0.3 is 12.3 Å². The fraction of sp³-hybridized carbons (Fsp3) is 0. The molecule has 0 aliphatic heterocycles. The molecule has 0 aliphatic rings. The number of nitrogens with two attached hydrogens (primary N) is 1. The molecule has 87 valence electrons. The molecule has 1 aromatic heterocycles. The number of fused-ring (bicyclic) bond motifs is 1. The summed E-state index contributed by atoms with van der Waals surface area (Å²) < 4.78 is 22.6. The van der Waals surface area contributed by atoms with E-state index in [0.717, 1.165) is 16.0 Å². The molecule has 0 spiro atoms. The van der Waals surface area contributed by atoms with Crippen molar-refractivity contribution in [2.45, 2.75) is 4.34 Å². The molecule has 4 nitrogen and oxygen atoms in total. The Balaban J connectivity index is 0.000000583. The monoisotopic (exact) mass is 341 g/mol. The number of rotatable bonds is 1. The zero-order valence-corrected chi connectivity index (χ0v) is 13.2. The molecule has 7 heteroatoms. The van der Waals surface area contributed by atoms with Crippen molar-refractivity contribution in [3.05, 3.63) is 31.2 Å². The Kier molecular flexibility index (Phi) is 6.91. The van der Waals surface area contributed by atoms with E-state index in [1.165, 1.54) is 0 Å². The van der Waals surface area contributed by atoms with E-state index in [1.807, 2.05) is 5.92 Å². The normalized spacial score (nSPS) is 9.65. The quantitative estimate of drug-likeness (QED) is 0.626. The van der Waals surface area contributed by atoms with Gasteiger partial charge in [-0.05, 0) is 5.52 Å². The molecule has 0 saturated heterocycles. The molecule has 2 aromatic rings. The number of primary sulfonamides is 1. The van der Waals surface area contributed by atoms with Gasteiger partial charge in [0.25, 0.3) is 10.0 Å². The maximum absolute atomic E-state index is 10.9. The maximum Gasteiger partial charge on any atom is 0.264 e. The van der Waals surface area contributed by atoms with E-state index < -0.39 is 10.0 Å². The first-order chi connectivity index (χ1) is 7.49. The van der Waals surface area contributed by atoms with Crippen molar-refractivity contribution >= 4 is 31.6 Å². The molecule has 17 heavy (non-hydrogen) atoms. The molecule has 0 amide bonds. The van der Waals surface area contributed by atoms with E-state index >= 15 is 0 Å².